The first-order valence-corrected chi connectivity index (χ1v) is 5.41. The van der Waals surface area contributed by atoms with Crippen LogP contribution in [0.4, 0.5) is 5.82 Å². The summed E-state index contributed by atoms with van der Waals surface area (Å²) in [6.07, 6.45) is 1.22. The summed E-state index contributed by atoms with van der Waals surface area (Å²) in [4.78, 5) is 8.52. The average molecular weight is 238 g/mol. The van der Waals surface area contributed by atoms with E-state index in [1.807, 2.05) is 12.1 Å². The summed E-state index contributed by atoms with van der Waals surface area (Å²) in [5.74, 6) is 1.05. The number of nitrogens with zero attached hydrogens (tertiary/aromatic N) is 2. The number of aliphatic hydroxyl groups is 1. The Kier molecular flexibility index (Phi) is 3.22. The maximum atomic E-state index is 8.75. The number of fused-ring (bicyclic) bond motifs is 1. The van der Waals surface area contributed by atoms with Crippen LogP contribution in [0, 0.1) is 0 Å². The molecule has 4 nitrogen and oxygen atoms in total. The van der Waals surface area contributed by atoms with Gasteiger partial charge in [-0.25, -0.2) is 9.97 Å². The van der Waals surface area contributed by atoms with Crippen molar-refractivity contribution in [2.24, 2.45) is 0 Å². The maximum absolute atomic E-state index is 8.75. The number of aromatic nitrogens is 2. The van der Waals surface area contributed by atoms with Gasteiger partial charge in [-0.2, -0.15) is 0 Å². The summed E-state index contributed by atoms with van der Waals surface area (Å²) in [6.45, 7) is 0.115. The SMILES string of the molecule is Nc1nc(CCCO)nc2c(Cl)cccc12. The van der Waals surface area contributed by atoms with Crippen LogP contribution in [0.25, 0.3) is 10.9 Å². The number of aliphatic hydroxyl groups excluding tert-OH is 1. The molecule has 5 heteroatoms. The number of rotatable bonds is 3. The molecule has 3 N–H and O–H groups in total. The second kappa shape index (κ2) is 4.63. The molecule has 0 aliphatic rings. The van der Waals surface area contributed by atoms with Gasteiger partial charge in [0, 0.05) is 18.4 Å². The van der Waals surface area contributed by atoms with Crippen molar-refractivity contribution in [3.05, 3.63) is 29.0 Å². The number of aryl methyl sites for hydroxylation is 1. The molecule has 0 unspecified atom stereocenters. The summed E-state index contributed by atoms with van der Waals surface area (Å²) in [5, 5.41) is 10.1. The van der Waals surface area contributed by atoms with Crippen LogP contribution >= 0.6 is 11.6 Å². The first-order valence-electron chi connectivity index (χ1n) is 5.04. The van der Waals surface area contributed by atoms with E-state index < -0.39 is 0 Å². The minimum absolute atomic E-state index is 0.115. The van der Waals surface area contributed by atoms with Gasteiger partial charge in [-0.3, -0.25) is 0 Å². The zero-order chi connectivity index (χ0) is 11.5. The molecule has 1 aromatic carbocycles. The minimum Gasteiger partial charge on any atom is -0.396 e. The van der Waals surface area contributed by atoms with Crippen LogP contribution in [0.1, 0.15) is 12.2 Å². The van der Waals surface area contributed by atoms with Crippen LogP contribution in [0.3, 0.4) is 0 Å². The Labute approximate surface area is 98.1 Å². The molecule has 1 heterocycles. The Hall–Kier alpha value is -1.39. The summed E-state index contributed by atoms with van der Waals surface area (Å²) >= 11 is 6.04. The third kappa shape index (κ3) is 2.08. The fourth-order valence-electron chi connectivity index (χ4n) is 1.54. The van der Waals surface area contributed by atoms with Crippen LogP contribution in [-0.2, 0) is 6.42 Å². The Balaban J connectivity index is 2.52. The van der Waals surface area contributed by atoms with Crippen molar-refractivity contribution in [1.82, 2.24) is 9.97 Å². The van der Waals surface area contributed by atoms with Crippen molar-refractivity contribution in [2.45, 2.75) is 12.8 Å². The van der Waals surface area contributed by atoms with E-state index in [2.05, 4.69) is 9.97 Å². The molecular weight excluding hydrogens is 226 g/mol. The van der Waals surface area contributed by atoms with E-state index in [9.17, 15) is 0 Å². The second-order valence-electron chi connectivity index (χ2n) is 3.49. The second-order valence-corrected chi connectivity index (χ2v) is 3.90. The summed E-state index contributed by atoms with van der Waals surface area (Å²) in [6, 6.07) is 5.43. The normalized spacial score (nSPS) is 10.9. The lowest BCUT2D eigenvalue weighted by molar-refractivity contribution is 0.287. The monoisotopic (exact) mass is 237 g/mol. The highest BCUT2D eigenvalue weighted by atomic mass is 35.5. The third-order valence-electron chi connectivity index (χ3n) is 2.31. The molecule has 0 aliphatic heterocycles. The molecule has 2 aromatic rings. The molecule has 0 atom stereocenters. The van der Waals surface area contributed by atoms with Crippen molar-refractivity contribution in [2.75, 3.05) is 12.3 Å². The van der Waals surface area contributed by atoms with Crippen molar-refractivity contribution >= 4 is 28.3 Å². The Morgan fingerprint density at radius 1 is 1.31 bits per heavy atom. The summed E-state index contributed by atoms with van der Waals surface area (Å²) in [5.41, 5.74) is 6.50. The molecule has 2 rings (SSSR count). The van der Waals surface area contributed by atoms with Crippen molar-refractivity contribution in [1.29, 1.82) is 0 Å². The van der Waals surface area contributed by atoms with Gasteiger partial charge in [-0.15, -0.1) is 0 Å². The number of nitrogens with two attached hydrogens (primary N) is 1. The first kappa shape index (κ1) is 11.1. The fourth-order valence-corrected chi connectivity index (χ4v) is 1.75. The number of hydrogen-bond donors (Lipinski definition) is 2. The van der Waals surface area contributed by atoms with E-state index in [1.54, 1.807) is 6.07 Å². The van der Waals surface area contributed by atoms with Crippen LogP contribution in [0.2, 0.25) is 5.02 Å². The van der Waals surface area contributed by atoms with E-state index in [4.69, 9.17) is 22.4 Å². The van der Waals surface area contributed by atoms with E-state index in [1.165, 1.54) is 0 Å². The van der Waals surface area contributed by atoms with Gasteiger partial charge in [0.1, 0.15) is 11.6 Å². The van der Waals surface area contributed by atoms with Gasteiger partial charge in [-0.1, -0.05) is 17.7 Å². The molecule has 84 valence electrons. The highest BCUT2D eigenvalue weighted by Crippen LogP contribution is 2.24. The van der Waals surface area contributed by atoms with Gasteiger partial charge in [-0.05, 0) is 18.6 Å². The number of nitrogen functional groups attached to an aromatic ring is 1. The maximum Gasteiger partial charge on any atom is 0.135 e. The zero-order valence-electron chi connectivity index (χ0n) is 8.65. The van der Waals surface area contributed by atoms with Crippen molar-refractivity contribution in [3.63, 3.8) is 0 Å². The number of benzene rings is 1. The molecule has 1 aromatic heterocycles. The van der Waals surface area contributed by atoms with Crippen LogP contribution < -0.4 is 5.73 Å². The van der Waals surface area contributed by atoms with Crippen molar-refractivity contribution in [3.8, 4) is 0 Å². The average Bonchev–Trinajstić information content (AvgIpc) is 2.28. The lowest BCUT2D eigenvalue weighted by Gasteiger charge is -2.05. The molecule has 0 radical (unpaired) electrons. The largest absolute Gasteiger partial charge is 0.396 e. The van der Waals surface area contributed by atoms with Crippen molar-refractivity contribution < 1.29 is 5.11 Å². The van der Waals surface area contributed by atoms with E-state index in [0.717, 1.165) is 5.39 Å². The first-order chi connectivity index (χ1) is 7.72. The molecule has 0 amide bonds. The standard InChI is InChI=1S/C11H12ClN3O/c12-8-4-1-3-7-10(8)14-9(5-2-6-16)15-11(7)13/h1,3-4,16H,2,5-6H2,(H2,13,14,15). The van der Waals surface area contributed by atoms with Gasteiger partial charge in [0.15, 0.2) is 0 Å². The Morgan fingerprint density at radius 2 is 2.12 bits per heavy atom. The van der Waals surface area contributed by atoms with Crippen LogP contribution in [0.15, 0.2) is 18.2 Å². The molecule has 16 heavy (non-hydrogen) atoms. The minimum atomic E-state index is 0.115. The molecular formula is C11H12ClN3O. The lowest BCUT2D eigenvalue weighted by atomic mass is 10.2. The van der Waals surface area contributed by atoms with Crippen LogP contribution in [0.5, 0.6) is 0 Å². The van der Waals surface area contributed by atoms with Crippen LogP contribution in [-0.4, -0.2) is 21.7 Å². The topological polar surface area (TPSA) is 72.0 Å². The van der Waals surface area contributed by atoms with E-state index in [0.29, 0.717) is 35.0 Å². The highest BCUT2D eigenvalue weighted by Gasteiger charge is 2.07. The van der Waals surface area contributed by atoms with Gasteiger partial charge in [0.05, 0.1) is 10.5 Å². The lowest BCUT2D eigenvalue weighted by Crippen LogP contribution is -2.02. The van der Waals surface area contributed by atoms with Gasteiger partial charge >= 0.3 is 0 Å². The Bertz CT molecular complexity index is 516. The smallest absolute Gasteiger partial charge is 0.135 e. The number of anilines is 1. The fraction of sp³-hybridized carbons (Fsp3) is 0.273. The quantitative estimate of drug-likeness (QED) is 0.854. The molecule has 0 bridgehead atoms. The van der Waals surface area contributed by atoms with Gasteiger partial charge in [0.2, 0.25) is 0 Å². The molecule has 0 fully saturated rings. The molecule has 0 spiro atoms. The predicted molar refractivity (Wildman–Crippen MR) is 64.4 cm³/mol. The van der Waals surface area contributed by atoms with E-state index in [-0.39, 0.29) is 6.61 Å². The number of halogens is 1. The predicted octanol–water partition coefficient (Wildman–Crippen LogP) is 1.79. The molecule has 0 saturated heterocycles. The molecule has 0 saturated carbocycles. The zero-order valence-corrected chi connectivity index (χ0v) is 9.41. The van der Waals surface area contributed by atoms with E-state index >= 15 is 0 Å². The summed E-state index contributed by atoms with van der Waals surface area (Å²) in [7, 11) is 0. The number of hydrogen-bond acceptors (Lipinski definition) is 4. The van der Waals surface area contributed by atoms with Gasteiger partial charge < -0.3 is 10.8 Å². The Morgan fingerprint density at radius 3 is 2.88 bits per heavy atom. The summed E-state index contributed by atoms with van der Waals surface area (Å²) < 4.78 is 0. The van der Waals surface area contributed by atoms with Gasteiger partial charge in [0.25, 0.3) is 0 Å². The highest BCUT2D eigenvalue weighted by molar-refractivity contribution is 6.35. The molecule has 0 aliphatic carbocycles. The third-order valence-corrected chi connectivity index (χ3v) is 2.62. The number of para-hydroxylation sites is 1.